The van der Waals surface area contributed by atoms with Crippen molar-refractivity contribution < 1.29 is 4.79 Å². The van der Waals surface area contributed by atoms with Crippen LogP contribution in [0.5, 0.6) is 0 Å². The molecule has 1 aliphatic heterocycles. The number of hydrogen-bond acceptors (Lipinski definition) is 4. The van der Waals surface area contributed by atoms with Gasteiger partial charge in [0.05, 0.1) is 17.5 Å². The molecule has 3 aromatic rings. The first-order valence-corrected chi connectivity index (χ1v) is 8.76. The zero-order chi connectivity index (χ0) is 17.9. The SMILES string of the molecule is Cl.Cl.NC[C@@H]1CN(C(=O)c2cn[nH]c2-c2ccncc2)C[C@H]1c1ccccc1. The molecule has 1 aromatic carbocycles. The van der Waals surface area contributed by atoms with Gasteiger partial charge in [-0.3, -0.25) is 14.9 Å². The van der Waals surface area contributed by atoms with E-state index in [1.165, 1.54) is 5.56 Å². The molecule has 1 saturated heterocycles. The van der Waals surface area contributed by atoms with Gasteiger partial charge in [-0.25, -0.2) is 0 Å². The van der Waals surface area contributed by atoms with Crippen molar-refractivity contribution in [2.45, 2.75) is 5.92 Å². The van der Waals surface area contributed by atoms with Gasteiger partial charge in [-0.15, -0.1) is 24.8 Å². The number of aromatic nitrogens is 3. The van der Waals surface area contributed by atoms with Gasteiger partial charge in [0, 0.05) is 37.0 Å². The molecule has 3 heterocycles. The smallest absolute Gasteiger partial charge is 0.257 e. The van der Waals surface area contributed by atoms with Gasteiger partial charge in [0.1, 0.15) is 0 Å². The Morgan fingerprint density at radius 3 is 2.50 bits per heavy atom. The number of nitrogens with two attached hydrogens (primary N) is 1. The van der Waals surface area contributed by atoms with E-state index in [2.05, 4.69) is 27.3 Å². The predicted molar refractivity (Wildman–Crippen MR) is 114 cm³/mol. The Hall–Kier alpha value is -2.41. The summed E-state index contributed by atoms with van der Waals surface area (Å²) in [5.74, 6) is 0.515. The summed E-state index contributed by atoms with van der Waals surface area (Å²) < 4.78 is 0. The van der Waals surface area contributed by atoms with E-state index in [1.54, 1.807) is 18.6 Å². The van der Waals surface area contributed by atoms with Crippen LogP contribution in [0.3, 0.4) is 0 Å². The molecule has 0 spiro atoms. The molecular weight excluding hydrogens is 397 g/mol. The summed E-state index contributed by atoms with van der Waals surface area (Å²) in [5, 5.41) is 7.03. The van der Waals surface area contributed by atoms with Crippen molar-refractivity contribution in [2.24, 2.45) is 11.7 Å². The number of halogens is 2. The van der Waals surface area contributed by atoms with Crippen LogP contribution in [0.15, 0.2) is 61.1 Å². The maximum absolute atomic E-state index is 13.2. The average Bonchev–Trinajstić information content (AvgIpc) is 3.36. The highest BCUT2D eigenvalue weighted by atomic mass is 35.5. The maximum atomic E-state index is 13.2. The normalized spacial score (nSPS) is 18.2. The van der Waals surface area contributed by atoms with Crippen LogP contribution < -0.4 is 5.73 Å². The van der Waals surface area contributed by atoms with Crippen molar-refractivity contribution in [3.05, 3.63) is 72.2 Å². The largest absolute Gasteiger partial charge is 0.338 e. The Labute approximate surface area is 176 Å². The fourth-order valence-electron chi connectivity index (χ4n) is 3.71. The van der Waals surface area contributed by atoms with Crippen LogP contribution in [-0.2, 0) is 0 Å². The number of carbonyl (C=O) groups is 1. The highest BCUT2D eigenvalue weighted by Gasteiger charge is 2.36. The summed E-state index contributed by atoms with van der Waals surface area (Å²) in [5.41, 5.74) is 9.44. The Kier molecular flexibility index (Phi) is 7.57. The average molecular weight is 420 g/mol. The topological polar surface area (TPSA) is 87.9 Å². The third-order valence-corrected chi connectivity index (χ3v) is 5.10. The number of likely N-dealkylation sites (tertiary alicyclic amines) is 1. The van der Waals surface area contributed by atoms with Gasteiger partial charge in [0.15, 0.2) is 0 Å². The molecule has 0 aliphatic carbocycles. The number of aromatic amines is 1. The number of nitrogens with one attached hydrogen (secondary N) is 1. The summed E-state index contributed by atoms with van der Waals surface area (Å²) in [6.45, 7) is 1.90. The Balaban J connectivity index is 0.00000140. The molecule has 2 atom stereocenters. The van der Waals surface area contributed by atoms with E-state index < -0.39 is 0 Å². The summed E-state index contributed by atoms with van der Waals surface area (Å²) in [6, 6.07) is 14.0. The molecule has 3 N–H and O–H groups in total. The number of hydrogen-bond donors (Lipinski definition) is 2. The number of carbonyl (C=O) groups excluding carboxylic acids is 1. The zero-order valence-electron chi connectivity index (χ0n) is 15.2. The Bertz CT molecular complexity index is 888. The minimum atomic E-state index is -0.0116. The van der Waals surface area contributed by atoms with Gasteiger partial charge in [0.25, 0.3) is 5.91 Å². The Morgan fingerprint density at radius 2 is 1.82 bits per heavy atom. The highest BCUT2D eigenvalue weighted by molar-refractivity contribution is 6.00. The number of nitrogens with zero attached hydrogens (tertiary/aromatic N) is 3. The van der Waals surface area contributed by atoms with E-state index >= 15 is 0 Å². The number of rotatable bonds is 4. The first-order valence-electron chi connectivity index (χ1n) is 8.76. The van der Waals surface area contributed by atoms with Gasteiger partial charge < -0.3 is 10.6 Å². The first kappa shape index (κ1) is 21.9. The van der Waals surface area contributed by atoms with Gasteiger partial charge in [0.2, 0.25) is 0 Å². The number of H-pyrrole nitrogens is 1. The summed E-state index contributed by atoms with van der Waals surface area (Å²) >= 11 is 0. The lowest BCUT2D eigenvalue weighted by Gasteiger charge is -2.17. The molecule has 4 rings (SSSR count). The van der Waals surface area contributed by atoms with Crippen LogP contribution >= 0.6 is 24.8 Å². The van der Waals surface area contributed by atoms with Crippen molar-refractivity contribution in [1.82, 2.24) is 20.1 Å². The molecule has 148 valence electrons. The molecule has 8 heteroatoms. The second-order valence-corrected chi connectivity index (χ2v) is 6.62. The standard InChI is InChI=1S/C20H21N5O.2ClH/c21-10-16-12-25(13-18(16)14-4-2-1-3-5-14)20(26)17-11-23-24-19(17)15-6-8-22-9-7-15;;/h1-9,11,16,18H,10,12-13,21H2,(H,23,24);2*1H/t16-,18+;;/m1../s1. The van der Waals surface area contributed by atoms with Crippen molar-refractivity contribution >= 4 is 30.7 Å². The van der Waals surface area contributed by atoms with Gasteiger partial charge in [-0.05, 0) is 30.2 Å². The number of benzene rings is 1. The molecule has 6 nitrogen and oxygen atoms in total. The van der Waals surface area contributed by atoms with Crippen LogP contribution in [0, 0.1) is 5.92 Å². The lowest BCUT2D eigenvalue weighted by Crippen LogP contribution is -2.30. The number of amides is 1. The third-order valence-electron chi connectivity index (χ3n) is 5.10. The molecule has 1 aliphatic rings. The zero-order valence-corrected chi connectivity index (χ0v) is 16.8. The van der Waals surface area contributed by atoms with Crippen molar-refractivity contribution in [1.29, 1.82) is 0 Å². The van der Waals surface area contributed by atoms with Gasteiger partial charge >= 0.3 is 0 Å². The minimum absolute atomic E-state index is 0. The summed E-state index contributed by atoms with van der Waals surface area (Å²) in [4.78, 5) is 19.1. The first-order chi connectivity index (χ1) is 12.8. The quantitative estimate of drug-likeness (QED) is 0.679. The highest BCUT2D eigenvalue weighted by Crippen LogP contribution is 2.33. The van der Waals surface area contributed by atoms with Crippen LogP contribution in [0.25, 0.3) is 11.3 Å². The second-order valence-electron chi connectivity index (χ2n) is 6.62. The predicted octanol–water partition coefficient (Wildman–Crippen LogP) is 3.13. The Morgan fingerprint density at radius 1 is 1.11 bits per heavy atom. The monoisotopic (exact) mass is 419 g/mol. The molecule has 0 saturated carbocycles. The van der Waals surface area contributed by atoms with Gasteiger partial charge in [-0.2, -0.15) is 5.10 Å². The van der Waals surface area contributed by atoms with Crippen molar-refractivity contribution in [3.8, 4) is 11.3 Å². The minimum Gasteiger partial charge on any atom is -0.338 e. The lowest BCUT2D eigenvalue weighted by molar-refractivity contribution is 0.0787. The molecule has 0 radical (unpaired) electrons. The van der Waals surface area contributed by atoms with E-state index in [0.717, 1.165) is 11.3 Å². The molecule has 0 bridgehead atoms. The molecule has 2 aromatic heterocycles. The van der Waals surface area contributed by atoms with Crippen LogP contribution in [-0.4, -0.2) is 45.6 Å². The molecule has 1 fully saturated rings. The van der Waals surface area contributed by atoms with Crippen molar-refractivity contribution in [3.63, 3.8) is 0 Å². The maximum Gasteiger partial charge on any atom is 0.257 e. The van der Waals surface area contributed by atoms with Crippen LogP contribution in [0.4, 0.5) is 0 Å². The lowest BCUT2D eigenvalue weighted by atomic mass is 9.89. The van der Waals surface area contributed by atoms with E-state index in [9.17, 15) is 4.79 Å². The van der Waals surface area contributed by atoms with E-state index in [1.807, 2.05) is 35.2 Å². The second kappa shape index (κ2) is 9.68. The number of pyridine rings is 1. The molecule has 1 amide bonds. The van der Waals surface area contributed by atoms with Crippen LogP contribution in [0.2, 0.25) is 0 Å². The van der Waals surface area contributed by atoms with Crippen LogP contribution in [0.1, 0.15) is 21.8 Å². The van der Waals surface area contributed by atoms with E-state index in [0.29, 0.717) is 25.2 Å². The fourth-order valence-corrected chi connectivity index (χ4v) is 3.71. The third kappa shape index (κ3) is 4.19. The molecule has 28 heavy (non-hydrogen) atoms. The fraction of sp³-hybridized carbons (Fsp3) is 0.250. The van der Waals surface area contributed by atoms with Crippen molar-refractivity contribution in [2.75, 3.05) is 19.6 Å². The summed E-state index contributed by atoms with van der Waals surface area (Å²) in [6.07, 6.45) is 5.01. The van der Waals surface area contributed by atoms with Gasteiger partial charge in [-0.1, -0.05) is 30.3 Å². The molecule has 0 unspecified atom stereocenters. The van der Waals surface area contributed by atoms with E-state index in [4.69, 9.17) is 5.73 Å². The summed E-state index contributed by atoms with van der Waals surface area (Å²) in [7, 11) is 0. The van der Waals surface area contributed by atoms with E-state index in [-0.39, 0.29) is 42.6 Å². The molecular formula is C20H23Cl2N5O.